The van der Waals surface area contributed by atoms with Gasteiger partial charge in [-0.05, 0) is 12.0 Å². The fraction of sp³-hybridized carbons (Fsp3) is 1.00. The SMILES string of the molecule is CCCOCO[SiH2]C(C)COCC1CO1. The highest BCUT2D eigenvalue weighted by Crippen LogP contribution is 2.10. The van der Waals surface area contributed by atoms with E-state index in [4.69, 9.17) is 18.6 Å². The van der Waals surface area contributed by atoms with Crippen molar-refractivity contribution in [3.8, 4) is 0 Å². The third-order valence-corrected chi connectivity index (χ3v) is 3.23. The fourth-order valence-electron chi connectivity index (χ4n) is 1.12. The molecule has 90 valence electrons. The maximum atomic E-state index is 5.49. The molecule has 1 fully saturated rings. The molecule has 15 heavy (non-hydrogen) atoms. The first-order chi connectivity index (χ1) is 7.33. The van der Waals surface area contributed by atoms with E-state index in [2.05, 4.69) is 13.8 Å². The summed E-state index contributed by atoms with van der Waals surface area (Å²) in [7, 11) is -0.508. The topological polar surface area (TPSA) is 40.2 Å². The van der Waals surface area contributed by atoms with Crippen LogP contribution in [0.25, 0.3) is 0 Å². The van der Waals surface area contributed by atoms with Crippen molar-refractivity contribution in [1.29, 1.82) is 0 Å². The van der Waals surface area contributed by atoms with Crippen molar-refractivity contribution in [3.63, 3.8) is 0 Å². The van der Waals surface area contributed by atoms with Crippen molar-refractivity contribution in [2.24, 2.45) is 0 Å². The van der Waals surface area contributed by atoms with Gasteiger partial charge in [-0.15, -0.1) is 0 Å². The number of rotatable bonds is 10. The summed E-state index contributed by atoms with van der Waals surface area (Å²) in [6.07, 6.45) is 1.41. The molecule has 5 heteroatoms. The summed E-state index contributed by atoms with van der Waals surface area (Å²) in [5, 5.41) is 0. The Morgan fingerprint density at radius 1 is 1.47 bits per heavy atom. The van der Waals surface area contributed by atoms with Gasteiger partial charge in [0.2, 0.25) is 0 Å². The van der Waals surface area contributed by atoms with E-state index in [1.807, 2.05) is 0 Å². The smallest absolute Gasteiger partial charge is 0.169 e. The van der Waals surface area contributed by atoms with Crippen LogP contribution in [0.3, 0.4) is 0 Å². The third kappa shape index (κ3) is 7.93. The highest BCUT2D eigenvalue weighted by atomic mass is 28.2. The zero-order valence-corrected chi connectivity index (χ0v) is 11.2. The van der Waals surface area contributed by atoms with Crippen LogP contribution < -0.4 is 0 Å². The molecule has 0 aromatic carbocycles. The van der Waals surface area contributed by atoms with Crippen LogP contribution in [-0.4, -0.2) is 49.1 Å². The monoisotopic (exact) mass is 234 g/mol. The Bertz CT molecular complexity index is 152. The molecule has 1 aliphatic rings. The van der Waals surface area contributed by atoms with E-state index in [0.29, 0.717) is 18.4 Å². The second-order valence-corrected chi connectivity index (χ2v) is 6.13. The second kappa shape index (κ2) is 8.24. The van der Waals surface area contributed by atoms with E-state index in [9.17, 15) is 0 Å². The Labute approximate surface area is 94.2 Å². The lowest BCUT2D eigenvalue weighted by atomic mass is 10.5. The summed E-state index contributed by atoms with van der Waals surface area (Å²) in [6, 6.07) is 0. The van der Waals surface area contributed by atoms with Crippen molar-refractivity contribution < 1.29 is 18.6 Å². The molecule has 0 saturated carbocycles. The summed E-state index contributed by atoms with van der Waals surface area (Å²) >= 11 is 0. The van der Waals surface area contributed by atoms with Crippen molar-refractivity contribution >= 4 is 9.76 Å². The fourth-order valence-corrected chi connectivity index (χ4v) is 2.00. The molecule has 1 heterocycles. The summed E-state index contributed by atoms with van der Waals surface area (Å²) in [5.41, 5.74) is 0.550. The summed E-state index contributed by atoms with van der Waals surface area (Å²) < 4.78 is 21.3. The van der Waals surface area contributed by atoms with Gasteiger partial charge in [-0.3, -0.25) is 0 Å². The molecule has 1 rings (SSSR count). The minimum atomic E-state index is -0.508. The summed E-state index contributed by atoms with van der Waals surface area (Å²) in [4.78, 5) is 0. The van der Waals surface area contributed by atoms with E-state index in [1.165, 1.54) is 0 Å². The largest absolute Gasteiger partial charge is 0.402 e. The zero-order valence-electron chi connectivity index (χ0n) is 9.74. The van der Waals surface area contributed by atoms with Crippen LogP contribution in [0.2, 0.25) is 5.54 Å². The standard InChI is InChI=1S/C10H22O4Si/c1-3-4-11-8-14-15-9(2)5-12-6-10-7-13-10/h9-10H,3-8,15H2,1-2H3. The van der Waals surface area contributed by atoms with Crippen LogP contribution in [0.4, 0.5) is 0 Å². The van der Waals surface area contributed by atoms with Gasteiger partial charge in [0, 0.05) is 13.2 Å². The van der Waals surface area contributed by atoms with Crippen LogP contribution in [0.15, 0.2) is 0 Å². The maximum Gasteiger partial charge on any atom is 0.169 e. The van der Waals surface area contributed by atoms with Gasteiger partial charge < -0.3 is 18.6 Å². The molecule has 0 aromatic heterocycles. The molecule has 0 N–H and O–H groups in total. The van der Waals surface area contributed by atoms with Crippen LogP contribution in [0.5, 0.6) is 0 Å². The molecule has 4 nitrogen and oxygen atoms in total. The van der Waals surface area contributed by atoms with Crippen LogP contribution in [0.1, 0.15) is 20.3 Å². The molecule has 0 amide bonds. The minimum absolute atomic E-state index is 0.368. The van der Waals surface area contributed by atoms with Gasteiger partial charge in [0.25, 0.3) is 0 Å². The predicted octanol–water partition coefficient (Wildman–Crippen LogP) is 0.695. The number of epoxide rings is 1. The third-order valence-electron chi connectivity index (χ3n) is 2.03. The molecular formula is C10H22O4Si. The normalized spacial score (nSPS) is 22.4. The van der Waals surface area contributed by atoms with Gasteiger partial charge in [-0.2, -0.15) is 0 Å². The minimum Gasteiger partial charge on any atom is -0.402 e. The summed E-state index contributed by atoms with van der Waals surface area (Å²) in [5.74, 6) is 0. The van der Waals surface area contributed by atoms with E-state index in [1.54, 1.807) is 0 Å². The van der Waals surface area contributed by atoms with Crippen molar-refractivity contribution in [2.45, 2.75) is 31.9 Å². The number of ether oxygens (including phenoxy) is 3. The average molecular weight is 234 g/mol. The van der Waals surface area contributed by atoms with Gasteiger partial charge in [0.15, 0.2) is 9.76 Å². The van der Waals surface area contributed by atoms with Crippen molar-refractivity contribution in [2.75, 3.05) is 33.2 Å². The highest BCUT2D eigenvalue weighted by molar-refractivity contribution is 6.29. The lowest BCUT2D eigenvalue weighted by Crippen LogP contribution is -2.15. The Morgan fingerprint density at radius 3 is 2.93 bits per heavy atom. The van der Waals surface area contributed by atoms with Crippen molar-refractivity contribution in [3.05, 3.63) is 0 Å². The van der Waals surface area contributed by atoms with Gasteiger partial charge >= 0.3 is 0 Å². The van der Waals surface area contributed by atoms with Crippen LogP contribution >= 0.6 is 0 Å². The molecule has 2 unspecified atom stereocenters. The van der Waals surface area contributed by atoms with Gasteiger partial charge in [0.1, 0.15) is 12.9 Å². The quantitative estimate of drug-likeness (QED) is 0.241. The zero-order chi connectivity index (χ0) is 10.9. The van der Waals surface area contributed by atoms with E-state index in [-0.39, 0.29) is 0 Å². The van der Waals surface area contributed by atoms with E-state index >= 15 is 0 Å². The average Bonchev–Trinajstić information content (AvgIpc) is 3.01. The van der Waals surface area contributed by atoms with Crippen molar-refractivity contribution in [1.82, 2.24) is 0 Å². The Morgan fingerprint density at radius 2 is 2.27 bits per heavy atom. The molecule has 1 aliphatic heterocycles. The number of hydrogen-bond acceptors (Lipinski definition) is 4. The first-order valence-corrected chi connectivity index (χ1v) is 7.07. The first kappa shape index (κ1) is 13.1. The molecule has 1 saturated heterocycles. The molecule has 0 aromatic rings. The Balaban J connectivity index is 1.77. The van der Waals surface area contributed by atoms with Crippen LogP contribution in [-0.2, 0) is 18.6 Å². The number of hydrogen-bond donors (Lipinski definition) is 0. The maximum absolute atomic E-state index is 5.49. The van der Waals surface area contributed by atoms with E-state index in [0.717, 1.165) is 32.8 Å². The lowest BCUT2D eigenvalue weighted by Gasteiger charge is -2.11. The Kier molecular flexibility index (Phi) is 7.21. The molecule has 2 atom stereocenters. The van der Waals surface area contributed by atoms with Gasteiger partial charge in [0.05, 0.1) is 13.2 Å². The predicted molar refractivity (Wildman–Crippen MR) is 60.7 cm³/mol. The van der Waals surface area contributed by atoms with Crippen LogP contribution in [0, 0.1) is 0 Å². The molecule has 0 spiro atoms. The lowest BCUT2D eigenvalue weighted by molar-refractivity contribution is 0.0149. The molecular weight excluding hydrogens is 212 g/mol. The Hall–Kier alpha value is 0.0569. The second-order valence-electron chi connectivity index (χ2n) is 3.99. The highest BCUT2D eigenvalue weighted by Gasteiger charge is 2.22. The van der Waals surface area contributed by atoms with E-state index < -0.39 is 9.76 Å². The summed E-state index contributed by atoms with van der Waals surface area (Å²) in [6.45, 7) is 7.90. The molecule has 0 aliphatic carbocycles. The first-order valence-electron chi connectivity index (χ1n) is 5.67. The molecule has 0 radical (unpaired) electrons. The molecule has 0 bridgehead atoms. The van der Waals surface area contributed by atoms with Gasteiger partial charge in [-0.1, -0.05) is 13.8 Å². The van der Waals surface area contributed by atoms with Gasteiger partial charge in [-0.25, -0.2) is 0 Å².